The molecule has 124 valence electrons. The summed E-state index contributed by atoms with van der Waals surface area (Å²) in [6.45, 7) is 4.46. The number of carbonyl (C=O) groups excluding carboxylic acids is 3. The van der Waals surface area contributed by atoms with Gasteiger partial charge >= 0.3 is 11.8 Å². The number of benzene rings is 1. The zero-order valence-corrected chi connectivity index (χ0v) is 13.3. The van der Waals surface area contributed by atoms with Crippen molar-refractivity contribution >= 4 is 29.1 Å². The lowest BCUT2D eigenvalue weighted by Gasteiger charge is -2.32. The molecule has 0 bridgehead atoms. The van der Waals surface area contributed by atoms with Gasteiger partial charge in [0.05, 0.1) is 0 Å². The molecule has 0 spiro atoms. The third-order valence-corrected chi connectivity index (χ3v) is 3.43. The Hall–Kier alpha value is -2.45. The van der Waals surface area contributed by atoms with Crippen molar-refractivity contribution in [3.05, 3.63) is 24.3 Å². The molecule has 3 amide bonds. The number of nitrogens with one attached hydrogen (secondary N) is 3. The highest BCUT2D eigenvalue weighted by Crippen LogP contribution is 2.13. The van der Waals surface area contributed by atoms with Crippen LogP contribution in [0.2, 0.25) is 0 Å². The second kappa shape index (κ2) is 7.70. The van der Waals surface area contributed by atoms with Gasteiger partial charge in [-0.05, 0) is 31.3 Å². The lowest BCUT2D eigenvalue weighted by molar-refractivity contribution is -0.139. The molecule has 0 unspecified atom stereocenters. The molecule has 1 aromatic rings. The van der Waals surface area contributed by atoms with Gasteiger partial charge in [0.1, 0.15) is 0 Å². The van der Waals surface area contributed by atoms with Crippen LogP contribution in [0.3, 0.4) is 0 Å². The van der Waals surface area contributed by atoms with Crippen LogP contribution < -0.4 is 16.1 Å². The van der Waals surface area contributed by atoms with Crippen LogP contribution in [0.5, 0.6) is 0 Å². The molecule has 0 saturated carbocycles. The molecule has 2 rings (SSSR count). The molecule has 1 aliphatic heterocycles. The van der Waals surface area contributed by atoms with Crippen LogP contribution in [0.1, 0.15) is 6.92 Å². The van der Waals surface area contributed by atoms with Crippen molar-refractivity contribution in [2.24, 2.45) is 0 Å². The van der Waals surface area contributed by atoms with E-state index in [9.17, 15) is 14.4 Å². The predicted octanol–water partition coefficient (Wildman–Crippen LogP) is -0.138. The first-order chi connectivity index (χ1) is 10.9. The first-order valence-corrected chi connectivity index (χ1v) is 7.37. The van der Waals surface area contributed by atoms with Gasteiger partial charge in [0.15, 0.2) is 0 Å². The second-order valence-electron chi connectivity index (χ2n) is 5.44. The maximum absolute atomic E-state index is 11.9. The Bertz CT molecular complexity index is 579. The molecule has 0 aliphatic carbocycles. The Morgan fingerprint density at radius 3 is 1.91 bits per heavy atom. The van der Waals surface area contributed by atoms with Gasteiger partial charge in [-0.3, -0.25) is 19.8 Å². The molecular formula is C15H21N5O3. The van der Waals surface area contributed by atoms with Gasteiger partial charge in [-0.2, -0.15) is 0 Å². The van der Waals surface area contributed by atoms with Gasteiger partial charge in [0.2, 0.25) is 5.91 Å². The fourth-order valence-electron chi connectivity index (χ4n) is 2.14. The van der Waals surface area contributed by atoms with Gasteiger partial charge in [-0.1, -0.05) is 0 Å². The van der Waals surface area contributed by atoms with Crippen LogP contribution in [0.15, 0.2) is 24.3 Å². The number of carbonyl (C=O) groups is 3. The van der Waals surface area contributed by atoms with Crippen molar-refractivity contribution < 1.29 is 14.4 Å². The predicted molar refractivity (Wildman–Crippen MR) is 86.6 cm³/mol. The van der Waals surface area contributed by atoms with Gasteiger partial charge in [-0.15, -0.1) is 0 Å². The number of hydrazine groups is 1. The average Bonchev–Trinajstić information content (AvgIpc) is 2.51. The summed E-state index contributed by atoms with van der Waals surface area (Å²) in [6, 6.07) is 6.53. The molecule has 1 aliphatic rings. The molecule has 0 atom stereocenters. The van der Waals surface area contributed by atoms with E-state index in [0.29, 0.717) is 24.5 Å². The van der Waals surface area contributed by atoms with E-state index in [0.717, 1.165) is 13.1 Å². The van der Waals surface area contributed by atoms with E-state index in [4.69, 9.17) is 0 Å². The number of rotatable bonds is 3. The van der Waals surface area contributed by atoms with Crippen molar-refractivity contribution in [3.63, 3.8) is 0 Å². The average molecular weight is 319 g/mol. The lowest BCUT2D eigenvalue weighted by atomic mass is 10.2. The number of amides is 3. The van der Waals surface area contributed by atoms with E-state index in [1.807, 2.05) is 7.05 Å². The number of piperazine rings is 1. The third-order valence-electron chi connectivity index (χ3n) is 3.43. The maximum Gasteiger partial charge on any atom is 0.323 e. The summed E-state index contributed by atoms with van der Waals surface area (Å²) < 4.78 is 0. The summed E-state index contributed by atoms with van der Waals surface area (Å²) in [4.78, 5) is 36.8. The van der Waals surface area contributed by atoms with Crippen molar-refractivity contribution in [1.82, 2.24) is 15.3 Å². The zero-order valence-electron chi connectivity index (χ0n) is 13.3. The summed E-state index contributed by atoms with van der Waals surface area (Å²) in [5.74, 6) is -1.59. The minimum absolute atomic E-state index is 0.173. The quantitative estimate of drug-likeness (QED) is 0.674. The molecule has 0 radical (unpaired) electrons. The Labute approximate surface area is 134 Å². The molecule has 1 aromatic carbocycles. The number of likely N-dealkylation sites (N-methyl/N-ethyl adjacent to an activating group) is 1. The zero-order chi connectivity index (χ0) is 16.8. The highest BCUT2D eigenvalue weighted by Gasteiger charge is 2.20. The van der Waals surface area contributed by atoms with Crippen molar-refractivity contribution in [2.45, 2.75) is 6.92 Å². The fraction of sp³-hybridized carbons (Fsp3) is 0.400. The minimum Gasteiger partial charge on any atom is -0.326 e. The van der Waals surface area contributed by atoms with Gasteiger partial charge in [0.25, 0.3) is 0 Å². The molecule has 3 N–H and O–H groups in total. The van der Waals surface area contributed by atoms with E-state index in [2.05, 4.69) is 21.0 Å². The third kappa shape index (κ3) is 5.35. The molecule has 1 fully saturated rings. The molecule has 0 aromatic heterocycles. The lowest BCUT2D eigenvalue weighted by Crippen LogP contribution is -2.54. The molecule has 8 nitrogen and oxygen atoms in total. The normalized spacial score (nSPS) is 15.7. The van der Waals surface area contributed by atoms with E-state index >= 15 is 0 Å². The minimum atomic E-state index is -0.726. The SMILES string of the molecule is CC(=O)Nc1ccc(NC(=O)C(=O)NN2CCN(C)CC2)cc1. The summed E-state index contributed by atoms with van der Waals surface area (Å²) >= 11 is 0. The Morgan fingerprint density at radius 2 is 1.39 bits per heavy atom. The summed E-state index contributed by atoms with van der Waals surface area (Å²) in [7, 11) is 2.01. The highest BCUT2D eigenvalue weighted by atomic mass is 16.2. The molecular weight excluding hydrogens is 298 g/mol. The van der Waals surface area contributed by atoms with E-state index in [1.54, 1.807) is 29.3 Å². The van der Waals surface area contributed by atoms with Gasteiger partial charge < -0.3 is 15.5 Å². The standard InChI is InChI=1S/C15H21N5O3/c1-11(21)16-12-3-5-13(6-4-12)17-14(22)15(23)18-20-9-7-19(2)8-10-20/h3-6H,7-10H2,1-2H3,(H,16,21)(H,17,22)(H,18,23). The van der Waals surface area contributed by atoms with Crippen LogP contribution in [0.4, 0.5) is 11.4 Å². The van der Waals surface area contributed by atoms with Crippen LogP contribution in [0.25, 0.3) is 0 Å². The Morgan fingerprint density at radius 1 is 0.870 bits per heavy atom. The molecule has 1 heterocycles. The van der Waals surface area contributed by atoms with Gasteiger partial charge in [0, 0.05) is 44.5 Å². The van der Waals surface area contributed by atoms with Gasteiger partial charge in [-0.25, -0.2) is 5.01 Å². The number of nitrogens with zero attached hydrogens (tertiary/aromatic N) is 2. The molecule has 1 saturated heterocycles. The second-order valence-corrected chi connectivity index (χ2v) is 5.44. The number of anilines is 2. The Balaban J connectivity index is 1.83. The topological polar surface area (TPSA) is 93.8 Å². The summed E-state index contributed by atoms with van der Waals surface area (Å²) in [6.07, 6.45) is 0. The first kappa shape index (κ1) is 16.9. The Kier molecular flexibility index (Phi) is 5.67. The first-order valence-electron chi connectivity index (χ1n) is 7.37. The summed E-state index contributed by atoms with van der Waals surface area (Å²) in [5, 5.41) is 6.88. The van der Waals surface area contributed by atoms with Crippen LogP contribution >= 0.6 is 0 Å². The fourth-order valence-corrected chi connectivity index (χ4v) is 2.14. The van der Waals surface area contributed by atoms with Crippen molar-refractivity contribution in [2.75, 3.05) is 43.9 Å². The van der Waals surface area contributed by atoms with Crippen molar-refractivity contribution in [1.29, 1.82) is 0 Å². The number of hydrogen-bond acceptors (Lipinski definition) is 5. The van der Waals surface area contributed by atoms with Crippen LogP contribution in [-0.4, -0.2) is 60.9 Å². The highest BCUT2D eigenvalue weighted by molar-refractivity contribution is 6.39. The van der Waals surface area contributed by atoms with Crippen LogP contribution in [0, 0.1) is 0 Å². The largest absolute Gasteiger partial charge is 0.326 e. The molecule has 8 heteroatoms. The monoisotopic (exact) mass is 319 g/mol. The number of hydrogen-bond donors (Lipinski definition) is 3. The van der Waals surface area contributed by atoms with Crippen LogP contribution in [-0.2, 0) is 14.4 Å². The van der Waals surface area contributed by atoms with E-state index in [-0.39, 0.29) is 5.91 Å². The molecule has 23 heavy (non-hydrogen) atoms. The maximum atomic E-state index is 11.9. The van der Waals surface area contributed by atoms with Crippen molar-refractivity contribution in [3.8, 4) is 0 Å². The van der Waals surface area contributed by atoms with E-state index in [1.165, 1.54) is 6.92 Å². The smallest absolute Gasteiger partial charge is 0.323 e. The van der Waals surface area contributed by atoms with E-state index < -0.39 is 11.8 Å². The summed E-state index contributed by atoms with van der Waals surface area (Å²) in [5.41, 5.74) is 3.70.